The summed E-state index contributed by atoms with van der Waals surface area (Å²) < 4.78 is 1.92. The average molecular weight is 276 g/mol. The Kier molecular flexibility index (Phi) is 3.87. The first-order valence-electron chi connectivity index (χ1n) is 8.02. The van der Waals surface area contributed by atoms with Crippen molar-refractivity contribution >= 4 is 0 Å². The van der Waals surface area contributed by atoms with E-state index in [1.165, 1.54) is 37.7 Å². The number of fused-ring (bicyclic) bond motifs is 2. The van der Waals surface area contributed by atoms with E-state index in [4.69, 9.17) is 0 Å². The lowest BCUT2D eigenvalue weighted by Gasteiger charge is -2.47. The normalized spacial score (nSPS) is 32.3. The zero-order valence-corrected chi connectivity index (χ0v) is 13.3. The predicted octanol–water partition coefficient (Wildman–Crippen LogP) is 2.39. The summed E-state index contributed by atoms with van der Waals surface area (Å²) >= 11 is 0. The van der Waals surface area contributed by atoms with E-state index in [0.717, 1.165) is 17.8 Å². The predicted molar refractivity (Wildman–Crippen MR) is 81.7 cm³/mol. The highest BCUT2D eigenvalue weighted by Gasteiger charge is 2.36. The van der Waals surface area contributed by atoms with E-state index in [0.29, 0.717) is 12.1 Å². The second-order valence-corrected chi connectivity index (χ2v) is 6.80. The number of nitrogens with zero attached hydrogens (tertiary/aromatic N) is 3. The molecule has 2 saturated heterocycles. The molecule has 3 heterocycles. The summed E-state index contributed by atoms with van der Waals surface area (Å²) in [5.41, 5.74) is 2.50. The summed E-state index contributed by atoms with van der Waals surface area (Å²) in [6, 6.07) is 2.65. The van der Waals surface area contributed by atoms with Crippen LogP contribution in [0.2, 0.25) is 0 Å². The van der Waals surface area contributed by atoms with Crippen molar-refractivity contribution in [1.29, 1.82) is 0 Å². The van der Waals surface area contributed by atoms with Crippen molar-refractivity contribution in [3.8, 4) is 0 Å². The first-order chi connectivity index (χ1) is 9.54. The summed E-state index contributed by atoms with van der Waals surface area (Å²) in [4.78, 5) is 2.63. The van der Waals surface area contributed by atoms with Crippen LogP contribution in [0.3, 0.4) is 0 Å². The standard InChI is InChI=1S/C16H28N4/c1-11(16-10-19(3)18-12(16)2)17-13-8-14-6-5-7-15(9-13)20(14)4/h10-11,13-15,17H,5-9H2,1-4H3. The molecule has 3 unspecified atom stereocenters. The van der Waals surface area contributed by atoms with Gasteiger partial charge in [-0.1, -0.05) is 6.42 Å². The van der Waals surface area contributed by atoms with Crippen LogP contribution in [0.4, 0.5) is 0 Å². The topological polar surface area (TPSA) is 33.1 Å². The van der Waals surface area contributed by atoms with Crippen LogP contribution in [0.5, 0.6) is 0 Å². The molecule has 20 heavy (non-hydrogen) atoms. The summed E-state index contributed by atoms with van der Waals surface area (Å²) in [6.45, 7) is 4.38. The SMILES string of the molecule is Cc1nn(C)cc1C(C)NC1CC2CCCC(C1)N2C. The van der Waals surface area contributed by atoms with Crippen LogP contribution in [0.1, 0.15) is 56.3 Å². The van der Waals surface area contributed by atoms with E-state index in [1.807, 2.05) is 11.7 Å². The molecular formula is C16H28N4. The van der Waals surface area contributed by atoms with Crippen LogP contribution in [-0.4, -0.2) is 39.9 Å². The number of nitrogens with one attached hydrogen (secondary N) is 1. The van der Waals surface area contributed by atoms with Gasteiger partial charge in [0.15, 0.2) is 0 Å². The Morgan fingerprint density at radius 1 is 1.25 bits per heavy atom. The number of hydrogen-bond acceptors (Lipinski definition) is 3. The maximum Gasteiger partial charge on any atom is 0.0641 e. The minimum atomic E-state index is 0.401. The summed E-state index contributed by atoms with van der Waals surface area (Å²) in [7, 11) is 4.32. The molecule has 2 aliphatic rings. The van der Waals surface area contributed by atoms with Gasteiger partial charge in [0.1, 0.15) is 0 Å². The summed E-state index contributed by atoms with van der Waals surface area (Å²) in [5.74, 6) is 0. The third-order valence-corrected chi connectivity index (χ3v) is 5.34. The fourth-order valence-electron chi connectivity index (χ4n) is 4.24. The molecule has 3 rings (SSSR count). The average Bonchev–Trinajstić information content (AvgIpc) is 2.70. The number of aromatic nitrogens is 2. The smallest absolute Gasteiger partial charge is 0.0641 e. The van der Waals surface area contributed by atoms with E-state index in [9.17, 15) is 0 Å². The van der Waals surface area contributed by atoms with Gasteiger partial charge in [-0.05, 0) is 46.6 Å². The van der Waals surface area contributed by atoms with Gasteiger partial charge in [0.25, 0.3) is 0 Å². The Hall–Kier alpha value is -0.870. The largest absolute Gasteiger partial charge is 0.307 e. The molecule has 0 amide bonds. The zero-order valence-electron chi connectivity index (χ0n) is 13.3. The van der Waals surface area contributed by atoms with E-state index < -0.39 is 0 Å². The molecule has 0 aromatic carbocycles. The summed E-state index contributed by atoms with van der Waals surface area (Å²) in [5, 5.41) is 8.32. The van der Waals surface area contributed by atoms with Gasteiger partial charge in [0.2, 0.25) is 0 Å². The Balaban J connectivity index is 1.65. The lowest BCUT2D eigenvalue weighted by molar-refractivity contribution is 0.0462. The molecule has 1 aromatic rings. The van der Waals surface area contributed by atoms with Gasteiger partial charge in [0, 0.05) is 43.0 Å². The highest BCUT2D eigenvalue weighted by molar-refractivity contribution is 5.19. The highest BCUT2D eigenvalue weighted by atomic mass is 15.3. The van der Waals surface area contributed by atoms with Crippen LogP contribution >= 0.6 is 0 Å². The molecule has 0 radical (unpaired) electrons. The van der Waals surface area contributed by atoms with Gasteiger partial charge in [-0.25, -0.2) is 0 Å². The Morgan fingerprint density at radius 3 is 2.45 bits per heavy atom. The third-order valence-electron chi connectivity index (χ3n) is 5.34. The molecule has 4 heteroatoms. The van der Waals surface area contributed by atoms with Crippen LogP contribution in [0.25, 0.3) is 0 Å². The van der Waals surface area contributed by atoms with Crippen molar-refractivity contribution in [2.24, 2.45) is 7.05 Å². The first-order valence-corrected chi connectivity index (χ1v) is 8.02. The maximum atomic E-state index is 4.46. The van der Waals surface area contributed by atoms with Crippen molar-refractivity contribution in [1.82, 2.24) is 20.0 Å². The number of piperidine rings is 2. The fraction of sp³-hybridized carbons (Fsp3) is 0.812. The number of aryl methyl sites for hydroxylation is 2. The molecular weight excluding hydrogens is 248 g/mol. The van der Waals surface area contributed by atoms with E-state index in [1.54, 1.807) is 0 Å². The second kappa shape index (κ2) is 5.49. The molecule has 3 atom stereocenters. The second-order valence-electron chi connectivity index (χ2n) is 6.80. The molecule has 2 fully saturated rings. The van der Waals surface area contributed by atoms with Crippen molar-refractivity contribution < 1.29 is 0 Å². The van der Waals surface area contributed by atoms with Crippen molar-refractivity contribution in [2.75, 3.05) is 7.05 Å². The molecule has 2 bridgehead atoms. The fourth-order valence-corrected chi connectivity index (χ4v) is 4.24. The van der Waals surface area contributed by atoms with Crippen molar-refractivity contribution in [3.63, 3.8) is 0 Å². The maximum absolute atomic E-state index is 4.46. The molecule has 2 aliphatic heterocycles. The van der Waals surface area contributed by atoms with Crippen molar-refractivity contribution in [3.05, 3.63) is 17.5 Å². The first kappa shape index (κ1) is 14.1. The van der Waals surface area contributed by atoms with Gasteiger partial charge < -0.3 is 10.2 Å². The molecule has 1 aromatic heterocycles. The van der Waals surface area contributed by atoms with E-state index in [-0.39, 0.29) is 0 Å². The van der Waals surface area contributed by atoms with Crippen LogP contribution < -0.4 is 5.32 Å². The Morgan fingerprint density at radius 2 is 1.90 bits per heavy atom. The van der Waals surface area contributed by atoms with Gasteiger partial charge in [0.05, 0.1) is 5.69 Å². The third kappa shape index (κ3) is 2.63. The quantitative estimate of drug-likeness (QED) is 0.920. The number of rotatable bonds is 3. The molecule has 0 saturated carbocycles. The molecule has 0 aliphatic carbocycles. The van der Waals surface area contributed by atoms with Gasteiger partial charge in [-0.15, -0.1) is 0 Å². The molecule has 0 spiro atoms. The molecule has 112 valence electrons. The Labute approximate surface area is 122 Å². The monoisotopic (exact) mass is 276 g/mol. The molecule has 4 nitrogen and oxygen atoms in total. The van der Waals surface area contributed by atoms with Gasteiger partial charge >= 0.3 is 0 Å². The minimum Gasteiger partial charge on any atom is -0.307 e. The number of hydrogen-bond donors (Lipinski definition) is 1. The van der Waals surface area contributed by atoms with Crippen LogP contribution in [0.15, 0.2) is 6.20 Å². The van der Waals surface area contributed by atoms with E-state index in [2.05, 4.69) is 42.4 Å². The lowest BCUT2D eigenvalue weighted by atomic mass is 9.82. The van der Waals surface area contributed by atoms with Crippen LogP contribution in [-0.2, 0) is 7.05 Å². The van der Waals surface area contributed by atoms with E-state index >= 15 is 0 Å². The lowest BCUT2D eigenvalue weighted by Crippen LogP contribution is -2.54. The molecule has 1 N–H and O–H groups in total. The Bertz CT molecular complexity index is 453. The highest BCUT2D eigenvalue weighted by Crippen LogP contribution is 2.33. The summed E-state index contributed by atoms with van der Waals surface area (Å²) in [6.07, 6.45) is 8.94. The minimum absolute atomic E-state index is 0.401. The van der Waals surface area contributed by atoms with Gasteiger partial charge in [-0.3, -0.25) is 4.68 Å². The zero-order chi connectivity index (χ0) is 14.3. The van der Waals surface area contributed by atoms with Crippen LogP contribution in [0, 0.1) is 6.92 Å². The van der Waals surface area contributed by atoms with Crippen molar-refractivity contribution in [2.45, 2.75) is 70.1 Å². The van der Waals surface area contributed by atoms with Gasteiger partial charge in [-0.2, -0.15) is 5.10 Å².